The molecule has 0 unspecified atom stereocenters. The van der Waals surface area contributed by atoms with Crippen LogP contribution in [0.5, 0.6) is 11.5 Å². The van der Waals surface area contributed by atoms with Gasteiger partial charge in [-0.15, -0.1) is 0 Å². The molecule has 0 N–H and O–H groups in total. The zero-order valence-corrected chi connectivity index (χ0v) is 16.7. The molecule has 0 saturated heterocycles. The Balaban J connectivity index is 1.58. The lowest BCUT2D eigenvalue weighted by atomic mass is 10.1. The van der Waals surface area contributed by atoms with E-state index in [9.17, 15) is 9.59 Å². The van der Waals surface area contributed by atoms with Crippen LogP contribution in [0.1, 0.15) is 36.0 Å². The van der Waals surface area contributed by atoms with E-state index in [2.05, 4.69) is 0 Å². The summed E-state index contributed by atoms with van der Waals surface area (Å²) in [6.45, 7) is 0. The van der Waals surface area contributed by atoms with E-state index in [4.69, 9.17) is 13.9 Å². The van der Waals surface area contributed by atoms with Crippen LogP contribution in [-0.2, 0) is 0 Å². The molecular formula is C24H23NO5. The number of aromatic nitrogens is 1. The Labute approximate surface area is 174 Å². The highest BCUT2D eigenvalue weighted by molar-refractivity contribution is 5.96. The van der Waals surface area contributed by atoms with Gasteiger partial charge in [0, 0.05) is 11.6 Å². The second-order valence-electron chi connectivity index (χ2n) is 7.19. The second-order valence-corrected chi connectivity index (χ2v) is 7.19. The third kappa shape index (κ3) is 4.22. The van der Waals surface area contributed by atoms with Crippen LogP contribution >= 0.6 is 0 Å². The molecule has 1 aliphatic carbocycles. The average Bonchev–Trinajstić information content (AvgIpc) is 3.42. The summed E-state index contributed by atoms with van der Waals surface area (Å²) in [7, 11) is 1.60. The van der Waals surface area contributed by atoms with E-state index in [1.807, 2.05) is 48.5 Å². The van der Waals surface area contributed by atoms with Crippen molar-refractivity contribution in [1.29, 1.82) is 0 Å². The van der Waals surface area contributed by atoms with Crippen molar-refractivity contribution >= 4 is 12.0 Å². The molecule has 0 aliphatic heterocycles. The number of allylic oxidation sites excluding steroid dienone is 1. The fraction of sp³-hybridized carbons (Fsp3) is 0.250. The third-order valence-corrected chi connectivity index (χ3v) is 5.19. The predicted molar refractivity (Wildman–Crippen MR) is 114 cm³/mol. The van der Waals surface area contributed by atoms with Crippen LogP contribution in [0.25, 0.3) is 17.3 Å². The van der Waals surface area contributed by atoms with Gasteiger partial charge >= 0.3 is 5.76 Å². The number of carbonyl (C=O) groups is 1. The molecule has 3 aromatic rings. The van der Waals surface area contributed by atoms with Crippen molar-refractivity contribution in [2.24, 2.45) is 0 Å². The number of rotatable bonds is 6. The molecule has 0 atom stereocenters. The summed E-state index contributed by atoms with van der Waals surface area (Å²) in [6.07, 6.45) is 8.90. The van der Waals surface area contributed by atoms with Gasteiger partial charge in [0.15, 0.2) is 11.5 Å². The number of methoxy groups -OCH3 is 1. The normalized spacial score (nSPS) is 14.3. The monoisotopic (exact) mass is 405 g/mol. The summed E-state index contributed by atoms with van der Waals surface area (Å²) in [5, 5.41) is 0. The number of hydrogen-bond acceptors (Lipinski definition) is 5. The summed E-state index contributed by atoms with van der Waals surface area (Å²) >= 11 is 0. The Bertz CT molecular complexity index is 1100. The van der Waals surface area contributed by atoms with Gasteiger partial charge in [0.1, 0.15) is 6.26 Å². The minimum Gasteiger partial charge on any atom is -0.493 e. The number of ether oxygens (including phenoxy) is 2. The van der Waals surface area contributed by atoms with Gasteiger partial charge in [-0.2, -0.15) is 0 Å². The second kappa shape index (κ2) is 8.86. The first-order valence-electron chi connectivity index (χ1n) is 9.99. The van der Waals surface area contributed by atoms with Crippen molar-refractivity contribution < 1.29 is 18.7 Å². The average molecular weight is 405 g/mol. The Kier molecular flexibility index (Phi) is 5.84. The van der Waals surface area contributed by atoms with E-state index in [1.54, 1.807) is 13.2 Å². The smallest absolute Gasteiger partial charge is 0.426 e. The first kappa shape index (κ1) is 19.8. The van der Waals surface area contributed by atoms with E-state index in [1.165, 1.54) is 25.2 Å². The quantitative estimate of drug-likeness (QED) is 0.552. The molecule has 1 heterocycles. The Hall–Kier alpha value is -3.54. The van der Waals surface area contributed by atoms with Crippen LogP contribution in [0.15, 0.2) is 70.1 Å². The van der Waals surface area contributed by atoms with Crippen LogP contribution in [0.3, 0.4) is 0 Å². The fourth-order valence-corrected chi connectivity index (χ4v) is 3.64. The van der Waals surface area contributed by atoms with Crippen molar-refractivity contribution in [3.63, 3.8) is 0 Å². The molecule has 1 saturated carbocycles. The summed E-state index contributed by atoms with van der Waals surface area (Å²) in [5.74, 6) is 0.109. The molecule has 154 valence electrons. The number of carbonyl (C=O) groups excluding carboxylic acids is 1. The van der Waals surface area contributed by atoms with Gasteiger partial charge in [0.05, 0.1) is 18.9 Å². The number of hydrogen-bond donors (Lipinski definition) is 0. The summed E-state index contributed by atoms with van der Waals surface area (Å²) in [5.41, 5.74) is 1.91. The summed E-state index contributed by atoms with van der Waals surface area (Å²) in [6, 6.07) is 14.7. The van der Waals surface area contributed by atoms with Crippen LogP contribution < -0.4 is 15.2 Å². The minimum absolute atomic E-state index is 0.192. The van der Waals surface area contributed by atoms with Crippen LogP contribution in [0.4, 0.5) is 0 Å². The van der Waals surface area contributed by atoms with E-state index < -0.39 is 11.7 Å². The van der Waals surface area contributed by atoms with Gasteiger partial charge in [0.2, 0.25) is 0 Å². The first-order valence-corrected chi connectivity index (χ1v) is 9.99. The third-order valence-electron chi connectivity index (χ3n) is 5.19. The SMILES string of the molecule is COc1ccc(C=CC(=O)n2c(-c3ccccc3)coc2=O)cc1OC1CCCC1. The Morgan fingerprint density at radius 1 is 1.10 bits per heavy atom. The number of nitrogens with zero attached hydrogens (tertiary/aromatic N) is 1. The molecule has 0 amide bonds. The van der Waals surface area contributed by atoms with Gasteiger partial charge in [-0.1, -0.05) is 36.4 Å². The van der Waals surface area contributed by atoms with Gasteiger partial charge in [-0.25, -0.2) is 9.36 Å². The van der Waals surface area contributed by atoms with Gasteiger partial charge in [0.25, 0.3) is 5.91 Å². The highest BCUT2D eigenvalue weighted by atomic mass is 16.5. The van der Waals surface area contributed by atoms with Crippen molar-refractivity contribution in [3.8, 4) is 22.8 Å². The largest absolute Gasteiger partial charge is 0.493 e. The van der Waals surface area contributed by atoms with Gasteiger partial charge in [-0.05, 0) is 49.5 Å². The molecule has 1 aromatic heterocycles. The Morgan fingerprint density at radius 2 is 1.87 bits per heavy atom. The zero-order chi connectivity index (χ0) is 20.9. The van der Waals surface area contributed by atoms with Crippen molar-refractivity contribution in [3.05, 3.63) is 77.0 Å². The molecule has 0 bridgehead atoms. The lowest BCUT2D eigenvalue weighted by molar-refractivity contribution is 0.0963. The lowest BCUT2D eigenvalue weighted by Gasteiger charge is -2.16. The topological polar surface area (TPSA) is 70.7 Å². The van der Waals surface area contributed by atoms with Crippen molar-refractivity contribution in [2.75, 3.05) is 7.11 Å². The molecule has 30 heavy (non-hydrogen) atoms. The molecular weight excluding hydrogens is 382 g/mol. The summed E-state index contributed by atoms with van der Waals surface area (Å²) in [4.78, 5) is 24.8. The van der Waals surface area contributed by atoms with Crippen LogP contribution in [-0.4, -0.2) is 23.7 Å². The molecule has 4 rings (SSSR count). The molecule has 6 heteroatoms. The molecule has 0 spiro atoms. The number of benzene rings is 2. The molecule has 1 aliphatic rings. The van der Waals surface area contributed by atoms with Crippen molar-refractivity contribution in [1.82, 2.24) is 4.57 Å². The molecule has 2 aromatic carbocycles. The van der Waals surface area contributed by atoms with E-state index in [0.717, 1.165) is 28.5 Å². The highest BCUT2D eigenvalue weighted by Crippen LogP contribution is 2.32. The minimum atomic E-state index is -0.719. The van der Waals surface area contributed by atoms with E-state index in [-0.39, 0.29) is 6.10 Å². The zero-order valence-electron chi connectivity index (χ0n) is 16.7. The maximum atomic E-state index is 12.7. The van der Waals surface area contributed by atoms with Gasteiger partial charge in [-0.3, -0.25) is 4.79 Å². The first-order chi connectivity index (χ1) is 14.7. The summed E-state index contributed by atoms with van der Waals surface area (Å²) < 4.78 is 17.5. The van der Waals surface area contributed by atoms with E-state index >= 15 is 0 Å². The maximum Gasteiger partial charge on any atom is 0.426 e. The fourth-order valence-electron chi connectivity index (χ4n) is 3.64. The predicted octanol–water partition coefficient (Wildman–Crippen LogP) is 4.79. The maximum absolute atomic E-state index is 12.7. The van der Waals surface area contributed by atoms with Crippen LogP contribution in [0.2, 0.25) is 0 Å². The Morgan fingerprint density at radius 3 is 2.60 bits per heavy atom. The van der Waals surface area contributed by atoms with E-state index in [0.29, 0.717) is 17.2 Å². The standard InChI is InChI=1S/C24H23NO5/c1-28-21-13-11-17(15-22(21)30-19-9-5-6-10-19)12-14-23(26)25-20(16-29-24(25)27)18-7-3-2-4-8-18/h2-4,7-8,11-16,19H,5-6,9-10H2,1H3. The lowest BCUT2D eigenvalue weighted by Crippen LogP contribution is -2.21. The molecule has 0 radical (unpaired) electrons. The molecule has 1 fully saturated rings. The number of oxazole rings is 1. The highest BCUT2D eigenvalue weighted by Gasteiger charge is 2.19. The van der Waals surface area contributed by atoms with Crippen molar-refractivity contribution in [2.45, 2.75) is 31.8 Å². The molecule has 6 nitrogen and oxygen atoms in total. The van der Waals surface area contributed by atoms with Gasteiger partial charge < -0.3 is 13.9 Å². The van der Waals surface area contributed by atoms with Crippen LogP contribution in [0, 0.1) is 0 Å².